The maximum Gasteiger partial charge on any atom is 0.0249 e. The molecule has 0 aromatic carbocycles. The van der Waals surface area contributed by atoms with Crippen LogP contribution in [0, 0.1) is 5.92 Å². The summed E-state index contributed by atoms with van der Waals surface area (Å²) < 4.78 is 0. The fourth-order valence-electron chi connectivity index (χ4n) is 1.41. The Hall–Kier alpha value is 0.250. The van der Waals surface area contributed by atoms with Crippen LogP contribution in [0.1, 0.15) is 46.5 Å². The van der Waals surface area contributed by atoms with Crippen LogP contribution in [0.2, 0.25) is 0 Å². The van der Waals surface area contributed by atoms with Crippen LogP contribution < -0.4 is 5.32 Å². The fourth-order valence-corrected chi connectivity index (χ4v) is 1.57. The van der Waals surface area contributed by atoms with E-state index < -0.39 is 0 Å². The van der Waals surface area contributed by atoms with E-state index in [0.717, 1.165) is 12.4 Å². The Bertz CT molecular complexity index is 106. The highest BCUT2D eigenvalue weighted by atomic mass is 35.5. The van der Waals surface area contributed by atoms with Gasteiger partial charge in [-0.25, -0.2) is 0 Å². The average Bonchev–Trinajstić information content (AvgIpc) is 2.12. The first kappa shape index (κ1) is 13.2. The summed E-state index contributed by atoms with van der Waals surface area (Å²) in [5, 5.41) is 3.52. The number of halogens is 1. The number of rotatable bonds is 8. The van der Waals surface area contributed by atoms with Gasteiger partial charge >= 0.3 is 0 Å². The van der Waals surface area contributed by atoms with Gasteiger partial charge in [0.15, 0.2) is 0 Å². The number of nitrogens with one attached hydrogen (secondary N) is 1. The Kier molecular flexibility index (Phi) is 9.00. The molecule has 1 N–H and O–H groups in total. The summed E-state index contributed by atoms with van der Waals surface area (Å²) in [5.74, 6) is 1.47. The largest absolute Gasteiger partial charge is 0.314 e. The maximum absolute atomic E-state index is 5.72. The van der Waals surface area contributed by atoms with Gasteiger partial charge in [0.05, 0.1) is 0 Å². The topological polar surface area (TPSA) is 12.0 Å². The van der Waals surface area contributed by atoms with Gasteiger partial charge in [-0.05, 0) is 38.6 Å². The molecule has 2 atom stereocenters. The molecule has 0 saturated heterocycles. The molecular weight excluding hydrogens is 182 g/mol. The minimum Gasteiger partial charge on any atom is -0.314 e. The third-order valence-corrected chi connectivity index (χ3v) is 2.88. The second-order valence-electron chi connectivity index (χ2n) is 4.05. The molecule has 0 spiro atoms. The Balaban J connectivity index is 3.15. The highest BCUT2D eigenvalue weighted by Gasteiger charge is 2.01. The van der Waals surface area contributed by atoms with Gasteiger partial charge in [-0.2, -0.15) is 0 Å². The predicted molar refractivity (Wildman–Crippen MR) is 61.5 cm³/mol. The van der Waals surface area contributed by atoms with Crippen molar-refractivity contribution in [2.45, 2.75) is 52.5 Å². The zero-order chi connectivity index (χ0) is 10.1. The van der Waals surface area contributed by atoms with Gasteiger partial charge in [-0.15, -0.1) is 11.6 Å². The van der Waals surface area contributed by atoms with Gasteiger partial charge in [0.2, 0.25) is 0 Å². The molecule has 13 heavy (non-hydrogen) atoms. The van der Waals surface area contributed by atoms with Gasteiger partial charge in [-0.3, -0.25) is 0 Å². The van der Waals surface area contributed by atoms with E-state index in [0.29, 0.717) is 12.0 Å². The highest BCUT2D eigenvalue weighted by Crippen LogP contribution is 2.06. The summed E-state index contributed by atoms with van der Waals surface area (Å²) in [5.41, 5.74) is 0. The van der Waals surface area contributed by atoms with Crippen LogP contribution in [0.3, 0.4) is 0 Å². The van der Waals surface area contributed by atoms with Gasteiger partial charge in [0.25, 0.3) is 0 Å². The summed E-state index contributed by atoms with van der Waals surface area (Å²) in [4.78, 5) is 0. The van der Waals surface area contributed by atoms with E-state index in [2.05, 4.69) is 26.1 Å². The zero-order valence-corrected chi connectivity index (χ0v) is 10.0. The Labute approximate surface area is 88.2 Å². The lowest BCUT2D eigenvalue weighted by Crippen LogP contribution is -2.26. The van der Waals surface area contributed by atoms with Crippen LogP contribution in [-0.4, -0.2) is 18.5 Å². The minimum absolute atomic E-state index is 0.671. The minimum atomic E-state index is 0.671. The second-order valence-corrected chi connectivity index (χ2v) is 4.35. The van der Waals surface area contributed by atoms with E-state index in [9.17, 15) is 0 Å². The Morgan fingerprint density at radius 2 is 1.92 bits per heavy atom. The van der Waals surface area contributed by atoms with Crippen molar-refractivity contribution in [2.75, 3.05) is 12.4 Å². The van der Waals surface area contributed by atoms with Crippen LogP contribution in [0.15, 0.2) is 0 Å². The van der Waals surface area contributed by atoms with E-state index in [1.807, 2.05) is 0 Å². The molecular formula is C11H24ClN. The van der Waals surface area contributed by atoms with Crippen LogP contribution >= 0.6 is 11.6 Å². The average molecular weight is 206 g/mol. The summed E-state index contributed by atoms with van der Waals surface area (Å²) >= 11 is 5.72. The molecule has 0 aliphatic heterocycles. The quantitative estimate of drug-likeness (QED) is 0.473. The number of alkyl halides is 1. The molecule has 0 fully saturated rings. The third-order valence-electron chi connectivity index (χ3n) is 2.35. The Morgan fingerprint density at radius 3 is 2.46 bits per heavy atom. The lowest BCUT2D eigenvalue weighted by molar-refractivity contribution is 0.471. The molecule has 0 amide bonds. The summed E-state index contributed by atoms with van der Waals surface area (Å²) in [6.07, 6.45) is 5.05. The molecule has 1 nitrogen and oxygen atoms in total. The van der Waals surface area contributed by atoms with Gasteiger partial charge < -0.3 is 5.32 Å². The molecule has 0 radical (unpaired) electrons. The van der Waals surface area contributed by atoms with Gasteiger partial charge in [0, 0.05) is 11.9 Å². The number of hydrogen-bond donors (Lipinski definition) is 1. The molecule has 0 aliphatic carbocycles. The summed E-state index contributed by atoms with van der Waals surface area (Å²) in [7, 11) is 0. The van der Waals surface area contributed by atoms with Crippen molar-refractivity contribution in [2.24, 2.45) is 5.92 Å². The van der Waals surface area contributed by atoms with E-state index >= 15 is 0 Å². The van der Waals surface area contributed by atoms with Crippen LogP contribution in [-0.2, 0) is 0 Å². The first-order valence-electron chi connectivity index (χ1n) is 5.50. The maximum atomic E-state index is 5.72. The Morgan fingerprint density at radius 1 is 1.23 bits per heavy atom. The molecule has 0 bridgehead atoms. The smallest absolute Gasteiger partial charge is 0.0249 e. The molecule has 0 saturated carbocycles. The standard InChI is InChI=1S/C11H24ClN/c1-4-6-11(3)13-8-5-7-10(2)9-12/h10-11,13H,4-9H2,1-3H3. The summed E-state index contributed by atoms with van der Waals surface area (Å²) in [6.45, 7) is 7.84. The molecule has 2 heteroatoms. The zero-order valence-electron chi connectivity index (χ0n) is 9.28. The van der Waals surface area contributed by atoms with Crippen LogP contribution in [0.5, 0.6) is 0 Å². The van der Waals surface area contributed by atoms with E-state index in [4.69, 9.17) is 11.6 Å². The fraction of sp³-hybridized carbons (Fsp3) is 1.00. The molecule has 0 rings (SSSR count). The number of hydrogen-bond acceptors (Lipinski definition) is 1. The lowest BCUT2D eigenvalue weighted by Gasteiger charge is -2.13. The first-order chi connectivity index (χ1) is 6.20. The van der Waals surface area contributed by atoms with Crippen molar-refractivity contribution in [1.82, 2.24) is 5.32 Å². The van der Waals surface area contributed by atoms with Crippen molar-refractivity contribution in [3.8, 4) is 0 Å². The molecule has 0 aromatic heterocycles. The van der Waals surface area contributed by atoms with Crippen molar-refractivity contribution < 1.29 is 0 Å². The van der Waals surface area contributed by atoms with Crippen molar-refractivity contribution >= 4 is 11.6 Å². The molecule has 80 valence electrons. The van der Waals surface area contributed by atoms with Crippen molar-refractivity contribution in [3.63, 3.8) is 0 Å². The predicted octanol–water partition coefficient (Wildman–Crippen LogP) is 3.42. The van der Waals surface area contributed by atoms with Crippen molar-refractivity contribution in [3.05, 3.63) is 0 Å². The van der Waals surface area contributed by atoms with Gasteiger partial charge in [0.1, 0.15) is 0 Å². The first-order valence-corrected chi connectivity index (χ1v) is 6.03. The molecule has 0 heterocycles. The van der Waals surface area contributed by atoms with E-state index in [1.54, 1.807) is 0 Å². The van der Waals surface area contributed by atoms with E-state index in [1.165, 1.54) is 25.7 Å². The highest BCUT2D eigenvalue weighted by molar-refractivity contribution is 6.18. The molecule has 0 aliphatic rings. The van der Waals surface area contributed by atoms with E-state index in [-0.39, 0.29) is 0 Å². The van der Waals surface area contributed by atoms with Crippen LogP contribution in [0.4, 0.5) is 0 Å². The third kappa shape index (κ3) is 8.58. The normalized spacial score (nSPS) is 15.7. The lowest BCUT2D eigenvalue weighted by atomic mass is 10.1. The molecule has 2 unspecified atom stereocenters. The van der Waals surface area contributed by atoms with Gasteiger partial charge in [-0.1, -0.05) is 20.3 Å². The van der Waals surface area contributed by atoms with Crippen LogP contribution in [0.25, 0.3) is 0 Å². The summed E-state index contributed by atoms with van der Waals surface area (Å²) in [6, 6.07) is 0.677. The monoisotopic (exact) mass is 205 g/mol. The second kappa shape index (κ2) is 8.83. The SMILES string of the molecule is CCCC(C)NCCCC(C)CCl. The molecule has 0 aromatic rings. The van der Waals surface area contributed by atoms with Crippen molar-refractivity contribution in [1.29, 1.82) is 0 Å².